The molecule has 2 fully saturated rings. The Morgan fingerprint density at radius 3 is 1.23 bits per heavy atom. The number of phenols is 2. The second kappa shape index (κ2) is 16.0. The Morgan fingerprint density at radius 2 is 0.887 bits per heavy atom. The van der Waals surface area contributed by atoms with Crippen molar-refractivity contribution in [1.29, 1.82) is 0 Å². The Morgan fingerprint density at radius 1 is 0.516 bits per heavy atom. The van der Waals surface area contributed by atoms with Crippen molar-refractivity contribution in [2.75, 3.05) is 13.2 Å². The van der Waals surface area contributed by atoms with Crippen LogP contribution in [0.15, 0.2) is 60.7 Å². The molecule has 2 aliphatic heterocycles. The lowest BCUT2D eigenvalue weighted by Gasteiger charge is -2.41. The number of rotatable bonds is 9. The average molecular weight is 863 g/mol. The fourth-order valence-corrected chi connectivity index (χ4v) is 8.71. The summed E-state index contributed by atoms with van der Waals surface area (Å²) in [5.41, 5.74) is -2.87. The minimum atomic E-state index is -1.94. The third-order valence-electron chi connectivity index (χ3n) is 11.7. The maximum atomic E-state index is 14.7. The molecule has 20 heteroatoms. The molecule has 2 saturated heterocycles. The number of ether oxygens (including phenoxy) is 4. The average Bonchev–Trinajstić information content (AvgIpc) is 3.24. The van der Waals surface area contributed by atoms with Crippen LogP contribution < -0.4 is 9.47 Å². The number of hydrogen-bond acceptors (Lipinski definition) is 18. The SMILES string of the molecule is O=C(O)c1cc(O)c2c(c1)[C@H]([C@H]1c3cc(C(=O)O)cc(O)c3C(=O)c3c(O[C@@H]4O[C@H](CO)[C@H](O)[C@H](O)[C@H]4O)cccc31)c1cccc(O[C@@H]3O[C@H](CO)[C@H](O)[C@H](O)[C@@H]3O)c1C2=O. The highest BCUT2D eigenvalue weighted by atomic mass is 16.7. The van der Waals surface area contributed by atoms with Gasteiger partial charge in [0.25, 0.3) is 0 Å². The summed E-state index contributed by atoms with van der Waals surface area (Å²) in [6.07, 6.45) is -17.7. The van der Waals surface area contributed by atoms with E-state index in [0.717, 1.165) is 24.3 Å². The molecule has 0 amide bonds. The summed E-state index contributed by atoms with van der Waals surface area (Å²) in [6, 6.07) is 11.9. The van der Waals surface area contributed by atoms with Gasteiger partial charge in [0.05, 0.1) is 46.6 Å². The van der Waals surface area contributed by atoms with Crippen LogP contribution in [0.1, 0.15) is 86.6 Å². The molecule has 0 bridgehead atoms. The monoisotopic (exact) mass is 862 g/mol. The Bertz CT molecular complexity index is 2330. The number of hydrogen-bond donors (Lipinski definition) is 12. The summed E-state index contributed by atoms with van der Waals surface area (Å²) >= 11 is 0. The minimum absolute atomic E-state index is 0.00301. The summed E-state index contributed by atoms with van der Waals surface area (Å²) in [7, 11) is 0. The van der Waals surface area contributed by atoms with Crippen LogP contribution in [0, 0.1) is 0 Å². The number of benzene rings is 4. The van der Waals surface area contributed by atoms with Gasteiger partial charge in [0.1, 0.15) is 71.8 Å². The second-order valence-corrected chi connectivity index (χ2v) is 15.2. The van der Waals surface area contributed by atoms with Crippen molar-refractivity contribution in [3.8, 4) is 23.0 Å². The normalized spacial score (nSPS) is 30.1. The number of carboxylic acids is 2. The van der Waals surface area contributed by atoms with Gasteiger partial charge in [0.2, 0.25) is 24.1 Å². The van der Waals surface area contributed by atoms with E-state index in [0.29, 0.717) is 0 Å². The molecule has 4 aromatic carbocycles. The van der Waals surface area contributed by atoms with Crippen LogP contribution in [0.4, 0.5) is 0 Å². The maximum Gasteiger partial charge on any atom is 0.335 e. The molecular weight excluding hydrogens is 824 g/mol. The standard InChI is InChI=1S/C42H38O20/c43-11-23-31(47)35(51)37(53)41(61-23)59-21-5-1-3-15-25(17-7-13(39(55)56)9-19(45)27(17)33(49)29(15)21)26-16-4-2-6-22(60-42-38(54)36(52)32(48)24(12-44)62-42)30(16)34(50)28-18(26)8-14(40(57)58)10-20(28)46/h1-10,23-26,31-32,35-38,41-48,51-54H,11-12H2,(H,55,56)(H,57,58)/t23-,24-,25-,26-,31+,32+,35+,36+,37-,38+,41-,42-/m1/s1. The summed E-state index contributed by atoms with van der Waals surface area (Å²) in [6.45, 7) is -1.64. The van der Waals surface area contributed by atoms with Crippen LogP contribution in [0.25, 0.3) is 0 Å². The van der Waals surface area contributed by atoms with E-state index in [4.69, 9.17) is 18.9 Å². The molecule has 8 rings (SSSR count). The molecule has 0 aromatic heterocycles. The molecule has 20 nitrogen and oxygen atoms in total. The summed E-state index contributed by atoms with van der Waals surface area (Å²) < 4.78 is 23.0. The molecule has 62 heavy (non-hydrogen) atoms. The van der Waals surface area contributed by atoms with Gasteiger partial charge in [-0.15, -0.1) is 0 Å². The topological polar surface area (TPSA) is 348 Å². The molecule has 4 aliphatic rings. The third-order valence-corrected chi connectivity index (χ3v) is 11.7. The zero-order valence-corrected chi connectivity index (χ0v) is 31.7. The van der Waals surface area contributed by atoms with E-state index in [1.54, 1.807) is 0 Å². The lowest BCUT2D eigenvalue weighted by atomic mass is 9.63. The number of aromatic carboxylic acids is 2. The number of carbonyl (C=O) groups is 4. The lowest BCUT2D eigenvalue weighted by molar-refractivity contribution is -0.277. The van der Waals surface area contributed by atoms with Crippen molar-refractivity contribution in [2.45, 2.75) is 73.2 Å². The number of aromatic hydroxyl groups is 2. The highest BCUT2D eigenvalue weighted by Crippen LogP contribution is 2.56. The first-order chi connectivity index (χ1) is 29.5. The number of fused-ring (bicyclic) bond motifs is 4. The van der Waals surface area contributed by atoms with E-state index in [2.05, 4.69) is 0 Å². The van der Waals surface area contributed by atoms with Crippen molar-refractivity contribution in [3.05, 3.63) is 116 Å². The van der Waals surface area contributed by atoms with E-state index in [1.807, 2.05) is 0 Å². The predicted octanol–water partition coefficient (Wildman–Crippen LogP) is -1.10. The fraction of sp³-hybridized carbons (Fsp3) is 0.333. The van der Waals surface area contributed by atoms with E-state index in [-0.39, 0.29) is 44.9 Å². The summed E-state index contributed by atoms with van der Waals surface area (Å²) in [5, 5.41) is 126. The molecule has 2 heterocycles. The number of aliphatic hydroxyl groups excluding tert-OH is 8. The fourth-order valence-electron chi connectivity index (χ4n) is 8.71. The number of ketones is 2. The Kier molecular flexibility index (Phi) is 11.0. The molecule has 0 saturated carbocycles. The first-order valence-electron chi connectivity index (χ1n) is 19.0. The van der Waals surface area contributed by atoms with Crippen LogP contribution in [-0.2, 0) is 9.47 Å². The number of carboxylic acid groups (broad SMARTS) is 2. The van der Waals surface area contributed by atoms with Gasteiger partial charge >= 0.3 is 11.9 Å². The summed E-state index contributed by atoms with van der Waals surface area (Å²) in [5.74, 6) is -10.1. The van der Waals surface area contributed by atoms with Gasteiger partial charge in [-0.05, 0) is 58.7 Å². The van der Waals surface area contributed by atoms with Crippen LogP contribution in [0.2, 0.25) is 0 Å². The van der Waals surface area contributed by atoms with Gasteiger partial charge in [-0.25, -0.2) is 9.59 Å². The first-order valence-corrected chi connectivity index (χ1v) is 19.0. The number of carbonyl (C=O) groups excluding carboxylic acids is 2. The van der Waals surface area contributed by atoms with Crippen molar-refractivity contribution in [1.82, 2.24) is 0 Å². The minimum Gasteiger partial charge on any atom is -0.507 e. The van der Waals surface area contributed by atoms with Gasteiger partial charge in [0.15, 0.2) is 0 Å². The highest BCUT2D eigenvalue weighted by Gasteiger charge is 2.50. The second-order valence-electron chi connectivity index (χ2n) is 15.2. The van der Waals surface area contributed by atoms with Crippen LogP contribution >= 0.6 is 0 Å². The Hall–Kier alpha value is -6.04. The molecule has 12 N–H and O–H groups in total. The van der Waals surface area contributed by atoms with E-state index in [9.17, 15) is 80.5 Å². The molecule has 0 radical (unpaired) electrons. The Labute approximate surface area is 348 Å². The third kappa shape index (κ3) is 6.73. The van der Waals surface area contributed by atoms with Crippen LogP contribution in [0.5, 0.6) is 23.0 Å². The molecule has 326 valence electrons. The first kappa shape index (κ1) is 42.6. The zero-order valence-electron chi connectivity index (χ0n) is 31.7. The molecule has 0 unspecified atom stereocenters. The van der Waals surface area contributed by atoms with Gasteiger partial charge in [-0.2, -0.15) is 0 Å². The quantitative estimate of drug-likeness (QED) is 0.0950. The van der Waals surface area contributed by atoms with Gasteiger partial charge in [-0.1, -0.05) is 24.3 Å². The Balaban J connectivity index is 1.38. The van der Waals surface area contributed by atoms with E-state index >= 15 is 0 Å². The maximum absolute atomic E-state index is 14.7. The smallest absolute Gasteiger partial charge is 0.335 e. The molecule has 4 aromatic rings. The number of phenolic OH excluding ortho intramolecular Hbond substituents is 2. The van der Waals surface area contributed by atoms with Gasteiger partial charge in [0, 0.05) is 11.8 Å². The summed E-state index contributed by atoms with van der Waals surface area (Å²) in [4.78, 5) is 54.2. The lowest BCUT2D eigenvalue weighted by Crippen LogP contribution is -2.60. The van der Waals surface area contributed by atoms with Crippen molar-refractivity contribution in [2.24, 2.45) is 0 Å². The molecular formula is C42H38O20. The molecule has 0 spiro atoms. The van der Waals surface area contributed by atoms with Crippen LogP contribution in [-0.4, -0.2) is 159 Å². The van der Waals surface area contributed by atoms with Gasteiger partial charge in [-0.3, -0.25) is 9.59 Å². The van der Waals surface area contributed by atoms with Crippen LogP contribution in [0.3, 0.4) is 0 Å². The van der Waals surface area contributed by atoms with E-state index < -0.39 is 144 Å². The molecule has 12 atom stereocenters. The number of aliphatic hydroxyl groups is 8. The van der Waals surface area contributed by atoms with Crippen molar-refractivity contribution >= 4 is 23.5 Å². The van der Waals surface area contributed by atoms with Crippen molar-refractivity contribution in [3.63, 3.8) is 0 Å². The van der Waals surface area contributed by atoms with Gasteiger partial charge < -0.3 is 80.2 Å². The van der Waals surface area contributed by atoms with E-state index in [1.165, 1.54) is 36.4 Å². The van der Waals surface area contributed by atoms with Crippen molar-refractivity contribution < 1.29 is 99.4 Å². The predicted molar refractivity (Wildman–Crippen MR) is 202 cm³/mol. The zero-order chi connectivity index (χ0) is 44.6. The molecule has 2 aliphatic carbocycles. The highest BCUT2D eigenvalue weighted by molar-refractivity contribution is 6.18. The largest absolute Gasteiger partial charge is 0.507 e.